The van der Waals surface area contributed by atoms with E-state index >= 15 is 0 Å². The van der Waals surface area contributed by atoms with Gasteiger partial charge in [-0.05, 0) is 24.6 Å². The Bertz CT molecular complexity index is 848. The summed E-state index contributed by atoms with van der Waals surface area (Å²) in [6, 6.07) is 4.73. The van der Waals surface area contributed by atoms with Gasteiger partial charge in [-0.2, -0.15) is 4.31 Å². The topological polar surface area (TPSA) is 105 Å². The number of carbonyl (C=O) groups is 1. The summed E-state index contributed by atoms with van der Waals surface area (Å²) in [5, 5.41) is 0.711. The number of ether oxygens (including phenoxy) is 1. The van der Waals surface area contributed by atoms with Crippen molar-refractivity contribution in [2.24, 2.45) is 5.73 Å². The smallest absolute Gasteiger partial charge is 0.266 e. The number of aromatic amines is 1. The van der Waals surface area contributed by atoms with Crippen LogP contribution in [0.1, 0.15) is 23.8 Å². The molecule has 0 spiro atoms. The molecule has 0 bridgehead atoms. The molecule has 0 saturated heterocycles. The molecule has 2 rings (SSSR count). The van der Waals surface area contributed by atoms with Gasteiger partial charge in [-0.25, -0.2) is 8.42 Å². The van der Waals surface area contributed by atoms with Crippen LogP contribution >= 0.6 is 11.6 Å². The predicted molar refractivity (Wildman–Crippen MR) is 92.8 cm³/mol. The summed E-state index contributed by atoms with van der Waals surface area (Å²) in [6.45, 7) is 2.60. The van der Waals surface area contributed by atoms with Gasteiger partial charge in [0.15, 0.2) is 0 Å². The van der Waals surface area contributed by atoms with E-state index in [2.05, 4.69) is 4.98 Å². The Morgan fingerprint density at radius 2 is 2.08 bits per heavy atom. The molecule has 0 radical (unpaired) electrons. The van der Waals surface area contributed by atoms with Crippen molar-refractivity contribution in [1.82, 2.24) is 9.29 Å². The Balaban J connectivity index is 2.68. The Labute approximate surface area is 145 Å². The van der Waals surface area contributed by atoms with Gasteiger partial charge in [-0.1, -0.05) is 18.5 Å². The number of amides is 1. The first-order valence-corrected chi connectivity index (χ1v) is 9.24. The highest BCUT2D eigenvalue weighted by molar-refractivity contribution is 7.89. The number of hydrogen-bond acceptors (Lipinski definition) is 4. The third-order valence-corrected chi connectivity index (χ3v) is 5.80. The number of carbonyl (C=O) groups excluding carboxylic acids is 1. The molecule has 3 N–H and O–H groups in total. The third-order valence-electron chi connectivity index (χ3n) is 3.58. The van der Waals surface area contributed by atoms with E-state index < -0.39 is 15.9 Å². The van der Waals surface area contributed by atoms with Crippen LogP contribution in [-0.4, -0.2) is 50.4 Å². The average molecular weight is 374 g/mol. The van der Waals surface area contributed by atoms with E-state index in [-0.39, 0.29) is 23.7 Å². The molecule has 1 amide bonds. The Morgan fingerprint density at radius 3 is 2.67 bits per heavy atom. The van der Waals surface area contributed by atoms with Crippen molar-refractivity contribution in [2.75, 3.05) is 26.8 Å². The zero-order valence-electron chi connectivity index (χ0n) is 13.5. The molecule has 1 aromatic carbocycles. The fourth-order valence-corrected chi connectivity index (χ4v) is 4.53. The van der Waals surface area contributed by atoms with Gasteiger partial charge < -0.3 is 15.5 Å². The number of methoxy groups -OCH3 is 1. The summed E-state index contributed by atoms with van der Waals surface area (Å²) >= 11 is 6.00. The molecule has 7 nitrogen and oxygen atoms in total. The highest BCUT2D eigenvalue weighted by atomic mass is 35.5. The van der Waals surface area contributed by atoms with E-state index in [1.807, 2.05) is 6.92 Å². The van der Waals surface area contributed by atoms with Crippen LogP contribution in [-0.2, 0) is 14.8 Å². The number of rotatable bonds is 8. The molecule has 0 aliphatic heterocycles. The minimum atomic E-state index is -3.95. The van der Waals surface area contributed by atoms with Crippen molar-refractivity contribution in [3.8, 4) is 0 Å². The standard InChI is InChI=1S/C15H20ClN3O4S/c1-3-6-19(7-8-23-2)24(21,22)14-11-9-10(16)4-5-12(11)18-13(14)15(17)20/h4-5,9,18H,3,6-8H2,1-2H3,(H2,17,20). The average Bonchev–Trinajstić information content (AvgIpc) is 2.90. The first-order valence-electron chi connectivity index (χ1n) is 7.43. The predicted octanol–water partition coefficient (Wildman–Crippen LogP) is 1.97. The highest BCUT2D eigenvalue weighted by Crippen LogP contribution is 2.31. The lowest BCUT2D eigenvalue weighted by atomic mass is 10.2. The molecule has 0 atom stereocenters. The lowest BCUT2D eigenvalue weighted by molar-refractivity contribution is 0.0993. The zero-order chi connectivity index (χ0) is 17.9. The number of aromatic nitrogens is 1. The van der Waals surface area contributed by atoms with Gasteiger partial charge in [0.2, 0.25) is 10.0 Å². The Kier molecular flexibility index (Phi) is 5.87. The van der Waals surface area contributed by atoms with Gasteiger partial charge in [-0.3, -0.25) is 4.79 Å². The minimum Gasteiger partial charge on any atom is -0.383 e. The van der Waals surface area contributed by atoms with E-state index in [1.54, 1.807) is 12.1 Å². The van der Waals surface area contributed by atoms with Gasteiger partial charge in [0.1, 0.15) is 10.6 Å². The van der Waals surface area contributed by atoms with E-state index in [1.165, 1.54) is 17.5 Å². The Hall–Kier alpha value is -1.61. The summed E-state index contributed by atoms with van der Waals surface area (Å²) in [7, 11) is -2.45. The maximum Gasteiger partial charge on any atom is 0.266 e. The molecule has 1 heterocycles. The SMILES string of the molecule is CCCN(CCOC)S(=O)(=O)c1c(C(N)=O)[nH]c2ccc(Cl)cc12. The molecule has 0 aliphatic rings. The van der Waals surface area contributed by atoms with E-state index in [0.29, 0.717) is 28.9 Å². The van der Waals surface area contributed by atoms with Crippen molar-refractivity contribution in [3.05, 3.63) is 28.9 Å². The normalized spacial score (nSPS) is 12.2. The molecule has 132 valence electrons. The number of sulfonamides is 1. The molecule has 24 heavy (non-hydrogen) atoms. The number of benzene rings is 1. The van der Waals surface area contributed by atoms with Gasteiger partial charge in [0, 0.05) is 36.1 Å². The second-order valence-corrected chi connectivity index (χ2v) is 7.59. The van der Waals surface area contributed by atoms with Crippen LogP contribution in [0.15, 0.2) is 23.1 Å². The summed E-state index contributed by atoms with van der Waals surface area (Å²) in [4.78, 5) is 14.4. The number of primary amides is 1. The lowest BCUT2D eigenvalue weighted by Crippen LogP contribution is -2.35. The maximum absolute atomic E-state index is 13.1. The first kappa shape index (κ1) is 18.7. The Morgan fingerprint density at radius 1 is 1.38 bits per heavy atom. The van der Waals surface area contributed by atoms with Crippen LogP contribution in [0.25, 0.3) is 10.9 Å². The molecule has 0 fully saturated rings. The van der Waals surface area contributed by atoms with Gasteiger partial charge in [-0.15, -0.1) is 0 Å². The van der Waals surface area contributed by atoms with E-state index in [9.17, 15) is 13.2 Å². The molecule has 0 aliphatic carbocycles. The van der Waals surface area contributed by atoms with Crippen LogP contribution in [0, 0.1) is 0 Å². The molecule has 0 saturated carbocycles. The third kappa shape index (κ3) is 3.56. The van der Waals surface area contributed by atoms with E-state index in [4.69, 9.17) is 22.1 Å². The van der Waals surface area contributed by atoms with Crippen molar-refractivity contribution >= 4 is 38.4 Å². The second-order valence-electron chi connectivity index (χ2n) is 5.28. The number of nitrogens with one attached hydrogen (secondary N) is 1. The molecular formula is C15H20ClN3O4S. The summed E-state index contributed by atoms with van der Waals surface area (Å²) in [5.74, 6) is -0.843. The second kappa shape index (κ2) is 7.52. The van der Waals surface area contributed by atoms with Crippen LogP contribution in [0.4, 0.5) is 0 Å². The molecular weight excluding hydrogens is 354 g/mol. The number of nitrogens with zero attached hydrogens (tertiary/aromatic N) is 1. The maximum atomic E-state index is 13.1. The van der Waals surface area contributed by atoms with Crippen LogP contribution in [0.5, 0.6) is 0 Å². The lowest BCUT2D eigenvalue weighted by Gasteiger charge is -2.21. The number of halogens is 1. The van der Waals surface area contributed by atoms with Crippen molar-refractivity contribution in [1.29, 1.82) is 0 Å². The number of fused-ring (bicyclic) bond motifs is 1. The quantitative estimate of drug-likeness (QED) is 0.737. The van der Waals surface area contributed by atoms with Crippen LogP contribution in [0.2, 0.25) is 5.02 Å². The molecule has 1 aromatic heterocycles. The molecule has 9 heteroatoms. The summed E-state index contributed by atoms with van der Waals surface area (Å²) < 4.78 is 32.6. The number of H-pyrrole nitrogens is 1. The highest BCUT2D eigenvalue weighted by Gasteiger charge is 2.32. The molecule has 0 unspecified atom stereocenters. The van der Waals surface area contributed by atoms with Crippen LogP contribution in [0.3, 0.4) is 0 Å². The summed E-state index contributed by atoms with van der Waals surface area (Å²) in [6.07, 6.45) is 0.623. The molecule has 2 aromatic rings. The first-order chi connectivity index (χ1) is 11.3. The minimum absolute atomic E-state index is 0.142. The summed E-state index contributed by atoms with van der Waals surface area (Å²) in [5.41, 5.74) is 5.71. The van der Waals surface area contributed by atoms with Crippen LogP contribution < -0.4 is 5.73 Å². The fraction of sp³-hybridized carbons (Fsp3) is 0.400. The van der Waals surface area contributed by atoms with Gasteiger partial charge >= 0.3 is 0 Å². The van der Waals surface area contributed by atoms with Gasteiger partial charge in [0.25, 0.3) is 5.91 Å². The van der Waals surface area contributed by atoms with E-state index in [0.717, 1.165) is 0 Å². The zero-order valence-corrected chi connectivity index (χ0v) is 15.1. The van der Waals surface area contributed by atoms with Crippen molar-refractivity contribution in [3.63, 3.8) is 0 Å². The van der Waals surface area contributed by atoms with Gasteiger partial charge in [0.05, 0.1) is 6.61 Å². The van der Waals surface area contributed by atoms with Crippen molar-refractivity contribution < 1.29 is 17.9 Å². The van der Waals surface area contributed by atoms with Crippen molar-refractivity contribution in [2.45, 2.75) is 18.2 Å². The fourth-order valence-electron chi connectivity index (χ4n) is 2.50. The largest absolute Gasteiger partial charge is 0.383 e. The number of hydrogen-bond donors (Lipinski definition) is 2. The number of nitrogens with two attached hydrogens (primary N) is 1. The monoisotopic (exact) mass is 373 g/mol.